The Balaban J connectivity index is 0.00000133. The number of hydrogen-bond acceptors (Lipinski definition) is 1. The normalized spacial score (nSPS) is 38.0. The van der Waals surface area contributed by atoms with Crippen LogP contribution in [0.25, 0.3) is 0 Å². The molecule has 1 aliphatic heterocycles. The summed E-state index contributed by atoms with van der Waals surface area (Å²) in [5.41, 5.74) is 3.30. The smallest absolute Gasteiger partial charge is 0.101 e. The van der Waals surface area contributed by atoms with Gasteiger partial charge >= 0.3 is 0 Å². The fourth-order valence-electron chi connectivity index (χ4n) is 3.71. The molecule has 0 aromatic heterocycles. The summed E-state index contributed by atoms with van der Waals surface area (Å²) in [4.78, 5) is 2.29. The highest BCUT2D eigenvalue weighted by atomic mass is 79.9. The molecule has 0 N–H and O–H groups in total. The maximum Gasteiger partial charge on any atom is 0.101 e. The second-order valence-electron chi connectivity index (χ2n) is 6.17. The first-order valence-corrected chi connectivity index (χ1v) is 7.79. The van der Waals surface area contributed by atoms with Crippen molar-refractivity contribution >= 4 is 44.5 Å². The van der Waals surface area contributed by atoms with Crippen molar-refractivity contribution in [3.8, 4) is 0 Å². The summed E-state index contributed by atoms with van der Waals surface area (Å²) in [6.07, 6.45) is 3.32. The Hall–Kier alpha value is 0.430. The lowest BCUT2D eigenvalue weighted by Gasteiger charge is -2.44. The second-order valence-corrected chi connectivity index (χ2v) is 8.17. The molecule has 3 atom stereocenters. The Morgan fingerprint density at radius 2 is 2.05 bits per heavy atom. The van der Waals surface area contributed by atoms with E-state index < -0.39 is 0 Å². The third-order valence-electron chi connectivity index (χ3n) is 4.67. The number of rotatable bonds is 0. The monoisotopic (exact) mass is 407 g/mol. The number of halogens is 3. The predicted octanol–water partition coefficient (Wildman–Crippen LogP) is 4.50. The predicted molar refractivity (Wildman–Crippen MR) is 91.0 cm³/mol. The molecule has 3 rings (SSSR count). The number of alkyl halides is 2. The van der Waals surface area contributed by atoms with Crippen molar-refractivity contribution in [2.75, 3.05) is 13.6 Å². The fraction of sp³-hybridized carbons (Fsp3) is 0.600. The molecule has 1 fully saturated rings. The minimum absolute atomic E-state index is 0. The Bertz CT molecular complexity index is 481. The van der Waals surface area contributed by atoms with Crippen LogP contribution in [0.15, 0.2) is 24.3 Å². The van der Waals surface area contributed by atoms with Gasteiger partial charge in [-0.15, -0.1) is 28.6 Å². The molecule has 4 heteroatoms. The minimum atomic E-state index is 0. The molecule has 1 aromatic rings. The maximum absolute atomic E-state index is 6.69. The number of hydrogen-bond donors (Lipinski definition) is 0. The molecular formula is C15H20Br2ClN. The SMILES string of the molecule is Br.CN1CCC2(C)CC(Br)(Cc3ccccc32)C1Cl. The average Bonchev–Trinajstić information content (AvgIpc) is 2.40. The number of benzene rings is 1. The van der Waals surface area contributed by atoms with Gasteiger partial charge in [0.15, 0.2) is 0 Å². The van der Waals surface area contributed by atoms with E-state index in [0.29, 0.717) is 0 Å². The van der Waals surface area contributed by atoms with Gasteiger partial charge in [-0.2, -0.15) is 0 Å². The number of likely N-dealkylation sites (tertiary alicyclic amines) is 1. The summed E-state index contributed by atoms with van der Waals surface area (Å²) in [5, 5.41) is 0. The quantitative estimate of drug-likeness (QED) is 0.450. The topological polar surface area (TPSA) is 3.24 Å². The molecule has 1 saturated heterocycles. The van der Waals surface area contributed by atoms with Crippen LogP contribution in [0, 0.1) is 0 Å². The van der Waals surface area contributed by atoms with Crippen LogP contribution in [0.3, 0.4) is 0 Å². The lowest BCUT2D eigenvalue weighted by Crippen LogP contribution is -2.47. The first-order valence-electron chi connectivity index (χ1n) is 6.56. The molecule has 0 radical (unpaired) electrons. The summed E-state index contributed by atoms with van der Waals surface area (Å²) in [6.45, 7) is 3.45. The largest absolute Gasteiger partial charge is 0.289 e. The molecule has 106 valence electrons. The van der Waals surface area contributed by atoms with E-state index >= 15 is 0 Å². The van der Waals surface area contributed by atoms with E-state index in [1.807, 2.05) is 0 Å². The van der Waals surface area contributed by atoms with Crippen LogP contribution in [0.4, 0.5) is 0 Å². The maximum atomic E-state index is 6.69. The van der Waals surface area contributed by atoms with Crippen molar-refractivity contribution in [3.63, 3.8) is 0 Å². The van der Waals surface area contributed by atoms with Gasteiger partial charge in [-0.25, -0.2) is 0 Å². The van der Waals surface area contributed by atoms with Gasteiger partial charge in [-0.3, -0.25) is 4.90 Å². The van der Waals surface area contributed by atoms with Crippen LogP contribution < -0.4 is 0 Å². The molecule has 0 spiro atoms. The molecular weight excluding hydrogens is 389 g/mol. The first kappa shape index (κ1) is 15.8. The van der Waals surface area contributed by atoms with Crippen LogP contribution >= 0.6 is 44.5 Å². The Kier molecular flexibility index (Phi) is 4.43. The van der Waals surface area contributed by atoms with Crippen LogP contribution in [0.2, 0.25) is 0 Å². The van der Waals surface area contributed by atoms with Gasteiger partial charge in [0.1, 0.15) is 5.50 Å². The van der Waals surface area contributed by atoms with Crippen LogP contribution in [0.5, 0.6) is 0 Å². The molecule has 19 heavy (non-hydrogen) atoms. The van der Waals surface area contributed by atoms with Gasteiger partial charge in [-0.1, -0.05) is 47.1 Å². The van der Waals surface area contributed by atoms with Crippen LogP contribution in [-0.2, 0) is 11.8 Å². The van der Waals surface area contributed by atoms with Crippen molar-refractivity contribution in [3.05, 3.63) is 35.4 Å². The molecule has 1 aromatic carbocycles. The summed E-state index contributed by atoms with van der Waals surface area (Å²) < 4.78 is 0.00289. The van der Waals surface area contributed by atoms with E-state index in [-0.39, 0.29) is 32.2 Å². The highest BCUT2D eigenvalue weighted by molar-refractivity contribution is 9.10. The molecule has 0 amide bonds. The zero-order chi connectivity index (χ0) is 13.0. The molecule has 1 aliphatic carbocycles. The summed E-state index contributed by atoms with van der Waals surface area (Å²) in [7, 11) is 2.13. The lowest BCUT2D eigenvalue weighted by atomic mass is 9.66. The summed E-state index contributed by atoms with van der Waals surface area (Å²) in [5.74, 6) is 0. The molecule has 3 unspecified atom stereocenters. The average molecular weight is 410 g/mol. The van der Waals surface area contributed by atoms with E-state index in [1.165, 1.54) is 17.5 Å². The van der Waals surface area contributed by atoms with Crippen LogP contribution in [-0.4, -0.2) is 28.3 Å². The lowest BCUT2D eigenvalue weighted by molar-refractivity contribution is 0.282. The number of nitrogens with zero attached hydrogens (tertiary/aromatic N) is 1. The number of fused-ring (bicyclic) bond motifs is 4. The minimum Gasteiger partial charge on any atom is -0.289 e. The van der Waals surface area contributed by atoms with Gasteiger partial charge < -0.3 is 0 Å². The Labute approximate surface area is 139 Å². The second kappa shape index (κ2) is 5.32. The third-order valence-corrected chi connectivity index (χ3v) is 6.68. The third kappa shape index (κ3) is 2.52. The standard InChI is InChI=1S/C15H19BrClN.BrH/c1-14-7-8-18(2)13(17)15(16,10-14)9-11-5-3-4-6-12(11)14;/h3-6,13H,7-10H2,1-2H3;1H. The molecule has 1 heterocycles. The van der Waals surface area contributed by atoms with Gasteiger partial charge in [-0.05, 0) is 42.9 Å². The van der Waals surface area contributed by atoms with Crippen molar-refractivity contribution < 1.29 is 0 Å². The summed E-state index contributed by atoms with van der Waals surface area (Å²) in [6, 6.07) is 8.87. The van der Waals surface area contributed by atoms with Crippen molar-refractivity contribution in [1.82, 2.24) is 4.90 Å². The van der Waals surface area contributed by atoms with Gasteiger partial charge in [0.05, 0.1) is 4.32 Å². The van der Waals surface area contributed by atoms with E-state index in [1.54, 1.807) is 0 Å². The van der Waals surface area contributed by atoms with Crippen molar-refractivity contribution in [2.24, 2.45) is 0 Å². The first-order chi connectivity index (χ1) is 8.45. The molecule has 1 nitrogen and oxygen atoms in total. The van der Waals surface area contributed by atoms with Crippen LogP contribution in [0.1, 0.15) is 30.9 Å². The molecule has 0 saturated carbocycles. The van der Waals surface area contributed by atoms with Gasteiger partial charge in [0, 0.05) is 6.54 Å². The highest BCUT2D eigenvalue weighted by Gasteiger charge is 2.50. The van der Waals surface area contributed by atoms with E-state index in [0.717, 1.165) is 19.4 Å². The molecule has 2 aliphatic rings. The van der Waals surface area contributed by atoms with E-state index in [2.05, 4.69) is 59.1 Å². The zero-order valence-electron chi connectivity index (χ0n) is 11.3. The molecule has 2 bridgehead atoms. The van der Waals surface area contributed by atoms with Crippen molar-refractivity contribution in [2.45, 2.75) is 41.4 Å². The Morgan fingerprint density at radius 1 is 1.37 bits per heavy atom. The highest BCUT2D eigenvalue weighted by Crippen LogP contribution is 2.52. The Morgan fingerprint density at radius 3 is 2.79 bits per heavy atom. The van der Waals surface area contributed by atoms with E-state index in [4.69, 9.17) is 11.6 Å². The van der Waals surface area contributed by atoms with E-state index in [9.17, 15) is 0 Å². The fourth-order valence-corrected chi connectivity index (χ4v) is 5.23. The zero-order valence-corrected chi connectivity index (χ0v) is 15.4. The van der Waals surface area contributed by atoms with Gasteiger partial charge in [0.2, 0.25) is 0 Å². The summed E-state index contributed by atoms with van der Waals surface area (Å²) >= 11 is 10.7. The van der Waals surface area contributed by atoms with Gasteiger partial charge in [0.25, 0.3) is 0 Å². The van der Waals surface area contributed by atoms with Crippen molar-refractivity contribution in [1.29, 1.82) is 0 Å².